The van der Waals surface area contributed by atoms with Gasteiger partial charge >= 0.3 is 0 Å². The summed E-state index contributed by atoms with van der Waals surface area (Å²) in [5.74, 6) is 0. The number of rotatable bonds is 6. The summed E-state index contributed by atoms with van der Waals surface area (Å²) in [4.78, 5) is 0. The lowest BCUT2D eigenvalue weighted by atomic mass is 10.1. The highest BCUT2D eigenvalue weighted by Crippen LogP contribution is 2.13. The topological polar surface area (TPSA) is 71.6 Å². The first-order valence-corrected chi connectivity index (χ1v) is 6.74. The van der Waals surface area contributed by atoms with Gasteiger partial charge in [-0.3, -0.25) is 0 Å². The van der Waals surface area contributed by atoms with E-state index in [-0.39, 0.29) is 0 Å². The van der Waals surface area contributed by atoms with E-state index in [1.807, 2.05) is 60.7 Å². The molecule has 0 spiro atoms. The van der Waals surface area contributed by atoms with Crippen LogP contribution in [0.25, 0.3) is 0 Å². The second kappa shape index (κ2) is 7.57. The zero-order valence-electron chi connectivity index (χ0n) is 11.5. The van der Waals surface area contributed by atoms with Gasteiger partial charge in [-0.1, -0.05) is 36.4 Å². The van der Waals surface area contributed by atoms with Crippen molar-refractivity contribution in [1.82, 2.24) is 0 Å². The monoisotopic (exact) mass is 276 g/mol. The summed E-state index contributed by atoms with van der Waals surface area (Å²) in [6.07, 6.45) is 0.400. The highest BCUT2D eigenvalue weighted by Gasteiger charge is 2.15. The number of anilines is 2. The summed E-state index contributed by atoms with van der Waals surface area (Å²) in [6, 6.07) is 22.6. The van der Waals surface area contributed by atoms with E-state index in [2.05, 4.69) is 22.8 Å². The quantitative estimate of drug-likeness (QED) is 0.848. The number of nitriles is 2. The molecule has 2 aromatic rings. The summed E-state index contributed by atoms with van der Waals surface area (Å²) in [5.41, 5.74) is 1.75. The van der Waals surface area contributed by atoms with Crippen molar-refractivity contribution in [2.75, 3.05) is 10.6 Å². The predicted octanol–water partition coefficient (Wildman–Crippen LogP) is 3.39. The van der Waals surface area contributed by atoms with Gasteiger partial charge in [-0.05, 0) is 24.3 Å². The molecule has 0 radical (unpaired) electrons. The van der Waals surface area contributed by atoms with E-state index >= 15 is 0 Å². The minimum atomic E-state index is -0.423. The van der Waals surface area contributed by atoms with E-state index in [0.717, 1.165) is 11.4 Å². The van der Waals surface area contributed by atoms with E-state index < -0.39 is 12.1 Å². The van der Waals surface area contributed by atoms with Gasteiger partial charge in [0, 0.05) is 17.8 Å². The van der Waals surface area contributed by atoms with Crippen molar-refractivity contribution in [3.8, 4) is 12.1 Å². The highest BCUT2D eigenvalue weighted by atomic mass is 15.0. The molecule has 2 N–H and O–H groups in total. The Morgan fingerprint density at radius 1 is 0.714 bits per heavy atom. The largest absolute Gasteiger partial charge is 0.370 e. The lowest BCUT2D eigenvalue weighted by Crippen LogP contribution is -2.28. The molecule has 0 saturated heterocycles. The van der Waals surface area contributed by atoms with Gasteiger partial charge in [-0.15, -0.1) is 0 Å². The lowest BCUT2D eigenvalue weighted by molar-refractivity contribution is 0.728. The predicted molar refractivity (Wildman–Crippen MR) is 83.5 cm³/mol. The third kappa shape index (κ3) is 4.56. The van der Waals surface area contributed by atoms with Gasteiger partial charge in [0.05, 0.1) is 12.1 Å². The number of benzene rings is 2. The van der Waals surface area contributed by atoms with Crippen molar-refractivity contribution in [3.05, 3.63) is 60.7 Å². The Kier molecular flexibility index (Phi) is 5.20. The van der Waals surface area contributed by atoms with E-state index in [1.54, 1.807) is 0 Å². The fourth-order valence-electron chi connectivity index (χ4n) is 1.99. The average molecular weight is 276 g/mol. The lowest BCUT2D eigenvalue weighted by Gasteiger charge is -2.18. The number of hydrogen-bond acceptors (Lipinski definition) is 4. The third-order valence-corrected chi connectivity index (χ3v) is 3.01. The molecule has 0 fully saturated rings. The van der Waals surface area contributed by atoms with Gasteiger partial charge in [0.15, 0.2) is 0 Å². The Balaban J connectivity index is 1.96. The van der Waals surface area contributed by atoms with E-state index in [1.165, 1.54) is 0 Å². The van der Waals surface area contributed by atoms with E-state index in [4.69, 9.17) is 0 Å². The van der Waals surface area contributed by atoms with Gasteiger partial charge in [0.25, 0.3) is 0 Å². The average Bonchev–Trinajstić information content (AvgIpc) is 2.55. The molecule has 2 unspecified atom stereocenters. The molecule has 0 heterocycles. The first kappa shape index (κ1) is 14.4. The van der Waals surface area contributed by atoms with Crippen molar-refractivity contribution in [2.45, 2.75) is 18.5 Å². The maximum atomic E-state index is 9.25. The van der Waals surface area contributed by atoms with Crippen LogP contribution in [0.15, 0.2) is 60.7 Å². The zero-order chi connectivity index (χ0) is 14.9. The molecular weight excluding hydrogens is 260 g/mol. The van der Waals surface area contributed by atoms with Crippen molar-refractivity contribution in [1.29, 1.82) is 10.5 Å². The second-order valence-electron chi connectivity index (χ2n) is 4.62. The first-order valence-electron chi connectivity index (χ1n) is 6.74. The van der Waals surface area contributed by atoms with Gasteiger partial charge < -0.3 is 10.6 Å². The molecule has 0 bridgehead atoms. The Morgan fingerprint density at radius 3 is 1.43 bits per heavy atom. The molecule has 0 aliphatic rings. The molecule has 4 heteroatoms. The van der Waals surface area contributed by atoms with Crippen molar-refractivity contribution >= 4 is 11.4 Å². The van der Waals surface area contributed by atoms with Crippen molar-refractivity contribution in [3.63, 3.8) is 0 Å². The number of para-hydroxylation sites is 2. The number of nitrogens with zero attached hydrogens (tertiary/aromatic N) is 2. The smallest absolute Gasteiger partial charge is 0.117 e. The maximum absolute atomic E-state index is 9.25. The molecule has 0 amide bonds. The van der Waals surface area contributed by atoms with Crippen LogP contribution >= 0.6 is 0 Å². The van der Waals surface area contributed by atoms with Gasteiger partial charge in [-0.25, -0.2) is 0 Å². The molecule has 0 aromatic heterocycles. The van der Waals surface area contributed by atoms with Crippen LogP contribution in [-0.4, -0.2) is 12.1 Å². The van der Waals surface area contributed by atoms with Crippen LogP contribution in [0.1, 0.15) is 6.42 Å². The number of hydrogen-bond donors (Lipinski definition) is 2. The second-order valence-corrected chi connectivity index (χ2v) is 4.62. The minimum Gasteiger partial charge on any atom is -0.370 e. The van der Waals surface area contributed by atoms with Crippen LogP contribution in [0.4, 0.5) is 11.4 Å². The Morgan fingerprint density at radius 2 is 1.10 bits per heavy atom. The normalized spacial score (nSPS) is 12.5. The van der Waals surface area contributed by atoms with Gasteiger partial charge in [-0.2, -0.15) is 10.5 Å². The molecule has 4 nitrogen and oxygen atoms in total. The molecule has 21 heavy (non-hydrogen) atoms. The third-order valence-electron chi connectivity index (χ3n) is 3.01. The van der Waals surface area contributed by atoms with Crippen molar-refractivity contribution in [2.24, 2.45) is 0 Å². The molecule has 0 saturated carbocycles. The fraction of sp³-hybridized carbons (Fsp3) is 0.176. The fourth-order valence-corrected chi connectivity index (χ4v) is 1.99. The Labute approximate surface area is 124 Å². The standard InChI is InChI=1S/C17H16N4/c18-12-16(20-14-7-3-1-4-8-14)11-17(13-19)21-15-9-5-2-6-10-15/h1-10,16-17,20-21H,11H2. The SMILES string of the molecule is N#CC(CC(C#N)Nc1ccccc1)Nc1ccccc1. The molecule has 2 rings (SSSR count). The summed E-state index contributed by atoms with van der Waals surface area (Å²) >= 11 is 0. The van der Waals surface area contributed by atoms with Gasteiger partial charge in [0.2, 0.25) is 0 Å². The molecule has 0 aliphatic carbocycles. The molecule has 2 aromatic carbocycles. The molecule has 2 atom stereocenters. The Hall–Kier alpha value is -2.98. The first-order chi connectivity index (χ1) is 10.3. The molecular formula is C17H16N4. The van der Waals surface area contributed by atoms with Crippen LogP contribution in [0.5, 0.6) is 0 Å². The van der Waals surface area contributed by atoms with Crippen LogP contribution in [0.2, 0.25) is 0 Å². The zero-order valence-corrected chi connectivity index (χ0v) is 11.5. The summed E-state index contributed by atoms with van der Waals surface area (Å²) in [5, 5.41) is 24.8. The van der Waals surface area contributed by atoms with Gasteiger partial charge in [0.1, 0.15) is 12.1 Å². The highest BCUT2D eigenvalue weighted by molar-refractivity contribution is 5.47. The van der Waals surface area contributed by atoms with Crippen LogP contribution < -0.4 is 10.6 Å². The molecule has 104 valence electrons. The maximum Gasteiger partial charge on any atom is 0.117 e. The minimum absolute atomic E-state index is 0.400. The van der Waals surface area contributed by atoms with E-state index in [9.17, 15) is 10.5 Å². The van der Waals surface area contributed by atoms with Crippen LogP contribution in [0, 0.1) is 22.7 Å². The van der Waals surface area contributed by atoms with E-state index in [0.29, 0.717) is 6.42 Å². The van der Waals surface area contributed by atoms with Crippen LogP contribution in [-0.2, 0) is 0 Å². The summed E-state index contributed by atoms with van der Waals surface area (Å²) in [7, 11) is 0. The molecule has 0 aliphatic heterocycles. The number of nitrogens with one attached hydrogen (secondary N) is 2. The summed E-state index contributed by atoms with van der Waals surface area (Å²) in [6.45, 7) is 0. The van der Waals surface area contributed by atoms with Crippen LogP contribution in [0.3, 0.4) is 0 Å². The Bertz CT molecular complexity index is 568. The van der Waals surface area contributed by atoms with Crippen molar-refractivity contribution < 1.29 is 0 Å². The summed E-state index contributed by atoms with van der Waals surface area (Å²) < 4.78 is 0.